The number of fused-ring (bicyclic) bond motifs is 7. The van der Waals surface area contributed by atoms with Crippen molar-refractivity contribution < 1.29 is 9.47 Å². The predicted octanol–water partition coefficient (Wildman–Crippen LogP) is 14.0. The minimum absolute atomic E-state index is 0.529. The summed E-state index contributed by atoms with van der Waals surface area (Å²) in [6.45, 7) is 0. The quantitative estimate of drug-likeness (QED) is 0.168. The van der Waals surface area contributed by atoms with Gasteiger partial charge >= 0.3 is 0 Å². The molecule has 0 saturated heterocycles. The number of rotatable bonds is 6. The van der Waals surface area contributed by atoms with E-state index in [2.05, 4.69) is 170 Å². The van der Waals surface area contributed by atoms with Gasteiger partial charge in [-0.2, -0.15) is 0 Å². The van der Waals surface area contributed by atoms with E-state index in [0.717, 1.165) is 50.1 Å². The molecule has 0 unspecified atom stereocenters. The van der Waals surface area contributed by atoms with E-state index < -0.39 is 5.41 Å². The van der Waals surface area contributed by atoms with Crippen LogP contribution in [0, 0.1) is 0 Å². The highest BCUT2D eigenvalue weighted by Gasteiger charge is 2.48. The third kappa shape index (κ3) is 5.66. The van der Waals surface area contributed by atoms with Crippen LogP contribution in [0.2, 0.25) is 0 Å². The Morgan fingerprint density at radius 2 is 0.885 bits per heavy atom. The molecule has 0 fully saturated rings. The SMILES string of the molecule is c1ccc(-c2nc(-c3cccc(-c4ccc5c(c4)Oc4ccc6c(c4O5)-c4ccccc4C6(c4ccccc4)c4ccccc4)c3)nc(-c3ccc4ccccc4c3)n2)cc1. The Labute approximate surface area is 353 Å². The molecule has 2 aliphatic rings. The fourth-order valence-corrected chi connectivity index (χ4v) is 9.26. The minimum atomic E-state index is -0.529. The first kappa shape index (κ1) is 34.9. The lowest BCUT2D eigenvalue weighted by Gasteiger charge is -2.34. The molecule has 61 heavy (non-hydrogen) atoms. The van der Waals surface area contributed by atoms with Crippen LogP contribution in [0.15, 0.2) is 212 Å². The van der Waals surface area contributed by atoms with Gasteiger partial charge in [0.2, 0.25) is 0 Å². The molecule has 10 aromatic rings. The van der Waals surface area contributed by atoms with E-state index in [9.17, 15) is 0 Å². The highest BCUT2D eigenvalue weighted by molar-refractivity contribution is 5.92. The smallest absolute Gasteiger partial charge is 0.178 e. The van der Waals surface area contributed by atoms with Crippen molar-refractivity contribution in [2.45, 2.75) is 5.41 Å². The molecule has 0 radical (unpaired) electrons. The highest BCUT2D eigenvalue weighted by Crippen LogP contribution is 2.62. The Balaban J connectivity index is 0.929. The zero-order valence-corrected chi connectivity index (χ0v) is 32.9. The fraction of sp³-hybridized carbons (Fsp3) is 0.0179. The van der Waals surface area contributed by atoms with Gasteiger partial charge in [-0.15, -0.1) is 0 Å². The average molecular weight is 782 g/mol. The molecule has 1 aliphatic carbocycles. The molecule has 0 amide bonds. The van der Waals surface area contributed by atoms with Crippen molar-refractivity contribution >= 4 is 10.8 Å². The Bertz CT molecular complexity index is 3270. The Morgan fingerprint density at radius 1 is 0.328 bits per heavy atom. The maximum absolute atomic E-state index is 6.91. The van der Waals surface area contributed by atoms with Gasteiger partial charge in [0, 0.05) is 22.3 Å². The van der Waals surface area contributed by atoms with Crippen molar-refractivity contribution in [2.24, 2.45) is 0 Å². The second-order valence-corrected chi connectivity index (χ2v) is 15.5. The third-order valence-electron chi connectivity index (χ3n) is 12.0. The standard InChI is InChI=1S/C56H35N3O2/c1-4-16-37(17-5-1)53-57-54(59-55(58-53)42-28-27-36-15-10-11-18-38(36)33-42)41-20-14-19-39(34-41)40-29-31-48-50(35-40)60-49-32-30-47-51(52(49)61-48)45-25-12-13-26-46(45)56(47,43-21-6-2-7-22-43)44-23-8-3-9-24-44/h1-35H. The number of hydrogen-bond donors (Lipinski definition) is 0. The monoisotopic (exact) mass is 781 g/mol. The number of ether oxygens (including phenoxy) is 2. The third-order valence-corrected chi connectivity index (χ3v) is 12.0. The van der Waals surface area contributed by atoms with E-state index in [1.165, 1.54) is 27.6 Å². The van der Waals surface area contributed by atoms with Gasteiger partial charge in [0.05, 0.1) is 5.41 Å². The van der Waals surface area contributed by atoms with E-state index >= 15 is 0 Å². The Kier molecular flexibility index (Phi) is 8.00. The van der Waals surface area contributed by atoms with Gasteiger partial charge in [0.1, 0.15) is 0 Å². The maximum Gasteiger partial charge on any atom is 0.178 e. The molecule has 0 N–H and O–H groups in total. The first-order chi connectivity index (χ1) is 30.2. The first-order valence-electron chi connectivity index (χ1n) is 20.5. The van der Waals surface area contributed by atoms with Crippen LogP contribution >= 0.6 is 0 Å². The number of aromatic nitrogens is 3. The molecule has 9 aromatic carbocycles. The van der Waals surface area contributed by atoms with Crippen LogP contribution in [0.3, 0.4) is 0 Å². The van der Waals surface area contributed by atoms with Crippen molar-refractivity contribution in [2.75, 3.05) is 0 Å². The van der Waals surface area contributed by atoms with Crippen LogP contribution < -0.4 is 9.47 Å². The maximum atomic E-state index is 6.91. The van der Waals surface area contributed by atoms with Gasteiger partial charge in [0.25, 0.3) is 0 Å². The molecule has 0 saturated carbocycles. The molecular formula is C56H35N3O2. The molecular weight excluding hydrogens is 747 g/mol. The Morgan fingerprint density at radius 3 is 1.64 bits per heavy atom. The lowest BCUT2D eigenvalue weighted by atomic mass is 9.68. The number of hydrogen-bond acceptors (Lipinski definition) is 5. The van der Waals surface area contributed by atoms with Crippen molar-refractivity contribution in [3.05, 3.63) is 235 Å². The molecule has 286 valence electrons. The van der Waals surface area contributed by atoms with E-state index in [0.29, 0.717) is 34.7 Å². The Hall–Kier alpha value is -8.15. The molecule has 1 aliphatic heterocycles. The van der Waals surface area contributed by atoms with Crippen molar-refractivity contribution in [1.29, 1.82) is 0 Å². The van der Waals surface area contributed by atoms with E-state index in [4.69, 9.17) is 24.4 Å². The van der Waals surface area contributed by atoms with Crippen LogP contribution in [0.1, 0.15) is 22.3 Å². The zero-order chi connectivity index (χ0) is 40.3. The highest BCUT2D eigenvalue weighted by atomic mass is 16.6. The molecule has 0 atom stereocenters. The van der Waals surface area contributed by atoms with Crippen LogP contribution in [0.4, 0.5) is 0 Å². The lowest BCUT2D eigenvalue weighted by molar-refractivity contribution is 0.360. The summed E-state index contributed by atoms with van der Waals surface area (Å²) < 4.78 is 13.7. The van der Waals surface area contributed by atoms with Crippen LogP contribution in [-0.4, -0.2) is 15.0 Å². The summed E-state index contributed by atoms with van der Waals surface area (Å²) in [7, 11) is 0. The van der Waals surface area contributed by atoms with Gasteiger partial charge in [-0.1, -0.05) is 182 Å². The first-order valence-corrected chi connectivity index (χ1v) is 20.5. The van der Waals surface area contributed by atoms with Crippen molar-refractivity contribution in [1.82, 2.24) is 15.0 Å². The van der Waals surface area contributed by atoms with Gasteiger partial charge in [-0.05, 0) is 80.0 Å². The molecule has 5 heteroatoms. The fourth-order valence-electron chi connectivity index (χ4n) is 9.26. The summed E-state index contributed by atoms with van der Waals surface area (Å²) in [5, 5.41) is 2.30. The summed E-state index contributed by atoms with van der Waals surface area (Å²) in [4.78, 5) is 15.1. The molecule has 12 rings (SSSR count). The van der Waals surface area contributed by atoms with E-state index in [-0.39, 0.29) is 0 Å². The van der Waals surface area contributed by atoms with Gasteiger partial charge in [0.15, 0.2) is 40.5 Å². The molecule has 5 nitrogen and oxygen atoms in total. The summed E-state index contributed by atoms with van der Waals surface area (Å²) in [6.07, 6.45) is 0. The zero-order valence-electron chi connectivity index (χ0n) is 32.9. The van der Waals surface area contributed by atoms with Crippen LogP contribution in [-0.2, 0) is 5.41 Å². The summed E-state index contributed by atoms with van der Waals surface area (Å²) in [5.74, 6) is 4.58. The summed E-state index contributed by atoms with van der Waals surface area (Å²) in [5.41, 5.74) is 11.2. The summed E-state index contributed by atoms with van der Waals surface area (Å²) in [6, 6.07) is 73.8. The lowest BCUT2D eigenvalue weighted by Crippen LogP contribution is -2.28. The van der Waals surface area contributed by atoms with E-state index in [1.54, 1.807) is 0 Å². The van der Waals surface area contributed by atoms with Crippen LogP contribution in [0.5, 0.6) is 23.0 Å². The second kappa shape index (κ2) is 14.0. The minimum Gasteiger partial charge on any atom is -0.449 e. The molecule has 0 spiro atoms. The largest absolute Gasteiger partial charge is 0.449 e. The normalized spacial score (nSPS) is 13.0. The second-order valence-electron chi connectivity index (χ2n) is 15.5. The van der Waals surface area contributed by atoms with Crippen molar-refractivity contribution in [3.8, 4) is 79.4 Å². The van der Waals surface area contributed by atoms with Gasteiger partial charge in [-0.3, -0.25) is 0 Å². The van der Waals surface area contributed by atoms with Crippen LogP contribution in [0.25, 0.3) is 67.2 Å². The predicted molar refractivity (Wildman–Crippen MR) is 243 cm³/mol. The molecule has 0 bridgehead atoms. The molecule has 1 aromatic heterocycles. The van der Waals surface area contributed by atoms with Gasteiger partial charge in [-0.25, -0.2) is 15.0 Å². The number of nitrogens with zero attached hydrogens (tertiary/aromatic N) is 3. The number of benzene rings is 9. The van der Waals surface area contributed by atoms with Crippen molar-refractivity contribution in [3.63, 3.8) is 0 Å². The topological polar surface area (TPSA) is 57.1 Å². The average Bonchev–Trinajstić information content (AvgIpc) is 3.65. The van der Waals surface area contributed by atoms with E-state index in [1.807, 2.05) is 42.5 Å². The summed E-state index contributed by atoms with van der Waals surface area (Å²) >= 11 is 0. The molecule has 2 heterocycles. The van der Waals surface area contributed by atoms with Gasteiger partial charge < -0.3 is 9.47 Å².